The highest BCUT2D eigenvalue weighted by molar-refractivity contribution is 6.00. The Morgan fingerprint density at radius 1 is 1.43 bits per heavy atom. The number of carbonyl (C=O) groups is 1. The molecule has 3 N–H and O–H groups in total. The third kappa shape index (κ3) is 2.99. The summed E-state index contributed by atoms with van der Waals surface area (Å²) in [6.45, 7) is 2.51. The lowest BCUT2D eigenvalue weighted by Crippen LogP contribution is -2.30. The second-order valence-corrected chi connectivity index (χ2v) is 4.64. The predicted octanol–water partition coefficient (Wildman–Crippen LogP) is 1.91. The first-order valence-electron chi connectivity index (χ1n) is 6.77. The van der Waals surface area contributed by atoms with Crippen molar-refractivity contribution in [2.24, 2.45) is 0 Å². The van der Waals surface area contributed by atoms with Crippen LogP contribution in [0.25, 0.3) is 11.0 Å². The standard InChI is InChI=1S/C15H18N2O4/c1-3-4-7-17-15(19)12-13(18)10-6-5-9(20-2)8-11(10)21-14(12)16/h5-6,8H,3-4,7,16H2,1-2H3,(H,17,19). The molecule has 0 saturated heterocycles. The van der Waals surface area contributed by atoms with Crippen molar-refractivity contribution < 1.29 is 13.9 Å². The van der Waals surface area contributed by atoms with Crippen molar-refractivity contribution in [3.63, 3.8) is 0 Å². The molecule has 0 aliphatic heterocycles. The van der Waals surface area contributed by atoms with E-state index >= 15 is 0 Å². The van der Waals surface area contributed by atoms with Crippen LogP contribution in [0.2, 0.25) is 0 Å². The summed E-state index contributed by atoms with van der Waals surface area (Å²) >= 11 is 0. The highest BCUT2D eigenvalue weighted by Crippen LogP contribution is 2.22. The Bertz CT molecular complexity index is 721. The van der Waals surface area contributed by atoms with Crippen molar-refractivity contribution in [3.8, 4) is 5.75 Å². The van der Waals surface area contributed by atoms with Crippen LogP contribution in [-0.4, -0.2) is 19.6 Å². The average Bonchev–Trinajstić information content (AvgIpc) is 2.46. The topological polar surface area (TPSA) is 94.6 Å². The molecule has 1 heterocycles. The summed E-state index contributed by atoms with van der Waals surface area (Å²) < 4.78 is 10.4. The second-order valence-electron chi connectivity index (χ2n) is 4.64. The van der Waals surface area contributed by atoms with E-state index in [1.807, 2.05) is 6.92 Å². The number of fused-ring (bicyclic) bond motifs is 1. The Kier molecular flexibility index (Phi) is 4.47. The fourth-order valence-corrected chi connectivity index (χ4v) is 2.00. The summed E-state index contributed by atoms with van der Waals surface area (Å²) in [5.41, 5.74) is 5.42. The summed E-state index contributed by atoms with van der Waals surface area (Å²) in [7, 11) is 1.51. The smallest absolute Gasteiger partial charge is 0.260 e. The van der Waals surface area contributed by atoms with Gasteiger partial charge in [0.05, 0.1) is 12.5 Å². The van der Waals surface area contributed by atoms with Gasteiger partial charge in [-0.05, 0) is 18.6 Å². The molecule has 0 radical (unpaired) electrons. The Morgan fingerprint density at radius 2 is 2.19 bits per heavy atom. The van der Waals surface area contributed by atoms with Crippen molar-refractivity contribution in [2.45, 2.75) is 19.8 Å². The maximum atomic E-state index is 12.4. The lowest BCUT2D eigenvalue weighted by Gasteiger charge is -2.08. The molecule has 1 aromatic heterocycles. The van der Waals surface area contributed by atoms with Gasteiger partial charge in [0.25, 0.3) is 5.91 Å². The zero-order chi connectivity index (χ0) is 15.4. The van der Waals surface area contributed by atoms with Gasteiger partial charge < -0.3 is 20.2 Å². The average molecular weight is 290 g/mol. The molecule has 2 aromatic rings. The van der Waals surface area contributed by atoms with Gasteiger partial charge in [-0.2, -0.15) is 0 Å². The molecule has 2 rings (SSSR count). The van der Waals surface area contributed by atoms with Crippen molar-refractivity contribution in [2.75, 3.05) is 19.4 Å². The van der Waals surface area contributed by atoms with E-state index in [1.54, 1.807) is 18.2 Å². The zero-order valence-electron chi connectivity index (χ0n) is 12.1. The number of carbonyl (C=O) groups excluding carboxylic acids is 1. The minimum Gasteiger partial charge on any atom is -0.497 e. The molecular weight excluding hydrogens is 272 g/mol. The van der Waals surface area contributed by atoms with E-state index in [0.717, 1.165) is 12.8 Å². The zero-order valence-corrected chi connectivity index (χ0v) is 12.1. The first-order chi connectivity index (χ1) is 10.1. The van der Waals surface area contributed by atoms with Gasteiger partial charge in [0.1, 0.15) is 16.9 Å². The molecule has 21 heavy (non-hydrogen) atoms. The largest absolute Gasteiger partial charge is 0.497 e. The number of amides is 1. The quantitative estimate of drug-likeness (QED) is 0.820. The van der Waals surface area contributed by atoms with Crippen LogP contribution in [0.15, 0.2) is 27.4 Å². The molecule has 0 aliphatic rings. The van der Waals surface area contributed by atoms with E-state index in [1.165, 1.54) is 7.11 Å². The molecule has 0 fully saturated rings. The maximum absolute atomic E-state index is 12.4. The molecular formula is C15H18N2O4. The summed E-state index contributed by atoms with van der Waals surface area (Å²) in [5, 5.41) is 2.96. The van der Waals surface area contributed by atoms with Crippen LogP contribution in [0.3, 0.4) is 0 Å². The Labute approximate surface area is 121 Å². The normalized spacial score (nSPS) is 10.6. The van der Waals surface area contributed by atoms with Gasteiger partial charge in [0, 0.05) is 12.6 Å². The Balaban J connectivity index is 2.46. The van der Waals surface area contributed by atoms with Crippen LogP contribution in [-0.2, 0) is 0 Å². The summed E-state index contributed by atoms with van der Waals surface area (Å²) in [4.78, 5) is 24.4. The van der Waals surface area contributed by atoms with Gasteiger partial charge in [-0.25, -0.2) is 0 Å². The third-order valence-corrected chi connectivity index (χ3v) is 3.17. The number of ether oxygens (including phenoxy) is 1. The molecule has 0 aliphatic carbocycles. The molecule has 0 saturated carbocycles. The number of methoxy groups -OCH3 is 1. The van der Waals surface area contributed by atoms with Gasteiger partial charge in [-0.15, -0.1) is 0 Å². The van der Waals surface area contributed by atoms with E-state index in [0.29, 0.717) is 23.3 Å². The second kappa shape index (κ2) is 6.30. The van der Waals surface area contributed by atoms with Crippen LogP contribution in [0.4, 0.5) is 5.88 Å². The molecule has 6 heteroatoms. The fraction of sp³-hybridized carbons (Fsp3) is 0.333. The molecule has 1 aromatic carbocycles. The van der Waals surface area contributed by atoms with E-state index in [2.05, 4.69) is 5.32 Å². The van der Waals surface area contributed by atoms with Gasteiger partial charge in [0.2, 0.25) is 11.3 Å². The number of nitrogens with two attached hydrogens (primary N) is 1. The van der Waals surface area contributed by atoms with Gasteiger partial charge in [0.15, 0.2) is 0 Å². The summed E-state index contributed by atoms with van der Waals surface area (Å²) in [6.07, 6.45) is 1.78. The van der Waals surface area contributed by atoms with Crippen LogP contribution < -0.4 is 21.2 Å². The van der Waals surface area contributed by atoms with E-state index in [9.17, 15) is 9.59 Å². The third-order valence-electron chi connectivity index (χ3n) is 3.17. The maximum Gasteiger partial charge on any atom is 0.260 e. The number of hydrogen-bond donors (Lipinski definition) is 2. The van der Waals surface area contributed by atoms with Crippen LogP contribution >= 0.6 is 0 Å². The van der Waals surface area contributed by atoms with E-state index in [4.69, 9.17) is 14.9 Å². The highest BCUT2D eigenvalue weighted by Gasteiger charge is 2.19. The number of anilines is 1. The van der Waals surface area contributed by atoms with E-state index in [-0.39, 0.29) is 11.4 Å². The number of benzene rings is 1. The van der Waals surface area contributed by atoms with Gasteiger partial charge in [-0.3, -0.25) is 9.59 Å². The van der Waals surface area contributed by atoms with Crippen molar-refractivity contribution in [1.29, 1.82) is 0 Å². The first-order valence-corrected chi connectivity index (χ1v) is 6.77. The minimum absolute atomic E-state index is 0.149. The summed E-state index contributed by atoms with van der Waals surface area (Å²) in [6, 6.07) is 4.75. The number of nitrogen functional groups attached to an aromatic ring is 1. The monoisotopic (exact) mass is 290 g/mol. The SMILES string of the molecule is CCCCNC(=O)c1c(N)oc2cc(OC)ccc2c1=O. The fourth-order valence-electron chi connectivity index (χ4n) is 2.00. The molecule has 0 atom stereocenters. The minimum atomic E-state index is -0.507. The number of hydrogen-bond acceptors (Lipinski definition) is 5. The Hall–Kier alpha value is -2.50. The van der Waals surface area contributed by atoms with Gasteiger partial charge >= 0.3 is 0 Å². The molecule has 1 amide bonds. The first kappa shape index (κ1) is 14.9. The number of unbranched alkanes of at least 4 members (excludes halogenated alkanes) is 1. The molecule has 112 valence electrons. The lowest BCUT2D eigenvalue weighted by molar-refractivity contribution is 0.0951. The highest BCUT2D eigenvalue weighted by atomic mass is 16.5. The van der Waals surface area contributed by atoms with Crippen molar-refractivity contribution in [3.05, 3.63) is 34.0 Å². The van der Waals surface area contributed by atoms with Crippen LogP contribution in [0.1, 0.15) is 30.1 Å². The van der Waals surface area contributed by atoms with Crippen LogP contribution in [0.5, 0.6) is 5.75 Å². The molecule has 0 bridgehead atoms. The molecule has 0 unspecified atom stereocenters. The number of nitrogens with one attached hydrogen (secondary N) is 1. The molecule has 0 spiro atoms. The van der Waals surface area contributed by atoms with E-state index < -0.39 is 11.3 Å². The van der Waals surface area contributed by atoms with Crippen molar-refractivity contribution >= 4 is 22.8 Å². The summed E-state index contributed by atoms with van der Waals surface area (Å²) in [5.74, 6) is -0.146. The lowest BCUT2D eigenvalue weighted by atomic mass is 10.1. The van der Waals surface area contributed by atoms with Gasteiger partial charge in [-0.1, -0.05) is 13.3 Å². The van der Waals surface area contributed by atoms with Crippen LogP contribution in [0, 0.1) is 0 Å². The Morgan fingerprint density at radius 3 is 2.86 bits per heavy atom. The number of rotatable bonds is 5. The predicted molar refractivity (Wildman–Crippen MR) is 80.7 cm³/mol. The molecule has 6 nitrogen and oxygen atoms in total. The van der Waals surface area contributed by atoms with Crippen molar-refractivity contribution in [1.82, 2.24) is 5.32 Å².